The minimum Gasteiger partial charge on any atom is -0.478 e. The molecular formula is C18H26N2O6S. The van der Waals surface area contributed by atoms with Crippen LogP contribution in [0.3, 0.4) is 0 Å². The van der Waals surface area contributed by atoms with Gasteiger partial charge < -0.3 is 15.5 Å². The Morgan fingerprint density at radius 3 is 2.22 bits per heavy atom. The van der Waals surface area contributed by atoms with Crippen LogP contribution in [0.15, 0.2) is 29.2 Å². The molecule has 0 aliphatic carbocycles. The number of aliphatic hydroxyl groups excluding tert-OH is 1. The van der Waals surface area contributed by atoms with Crippen LogP contribution in [0.4, 0.5) is 0 Å². The van der Waals surface area contributed by atoms with Crippen molar-refractivity contribution in [3.8, 4) is 0 Å². The van der Waals surface area contributed by atoms with Crippen molar-refractivity contribution in [1.29, 1.82) is 0 Å². The maximum absolute atomic E-state index is 12.7. The minimum atomic E-state index is -3.72. The number of piperidine rings is 1. The highest BCUT2D eigenvalue weighted by Gasteiger charge is 2.33. The summed E-state index contributed by atoms with van der Waals surface area (Å²) in [4.78, 5) is 23.3. The maximum Gasteiger partial charge on any atom is 0.335 e. The van der Waals surface area contributed by atoms with E-state index in [2.05, 4.69) is 5.32 Å². The van der Waals surface area contributed by atoms with Crippen molar-refractivity contribution in [2.24, 2.45) is 5.92 Å². The summed E-state index contributed by atoms with van der Waals surface area (Å²) in [6, 6.07) is 5.10. The number of carbonyl (C=O) groups is 2. The average Bonchev–Trinajstić information content (AvgIpc) is 2.61. The third-order valence-electron chi connectivity index (χ3n) is 4.76. The second-order valence-corrected chi connectivity index (χ2v) is 9.29. The molecule has 1 heterocycles. The number of amides is 1. The number of benzene rings is 1. The van der Waals surface area contributed by atoms with Gasteiger partial charge in [-0.3, -0.25) is 4.79 Å². The lowest BCUT2D eigenvalue weighted by Crippen LogP contribution is -2.49. The molecule has 0 bridgehead atoms. The SMILES string of the molecule is CC(C)(CCO)NC(=O)C1CCN(S(=O)(=O)c2ccc(C(=O)O)cc2)CC1. The summed E-state index contributed by atoms with van der Waals surface area (Å²) in [6.07, 6.45) is 1.26. The molecule has 1 aliphatic heterocycles. The van der Waals surface area contributed by atoms with Crippen molar-refractivity contribution in [2.75, 3.05) is 19.7 Å². The largest absolute Gasteiger partial charge is 0.478 e. The quantitative estimate of drug-likeness (QED) is 0.631. The molecule has 2 rings (SSSR count). The number of carboxylic acids is 1. The second kappa shape index (κ2) is 8.37. The van der Waals surface area contributed by atoms with Gasteiger partial charge in [0, 0.05) is 31.2 Å². The Balaban J connectivity index is 1.99. The van der Waals surface area contributed by atoms with Crippen LogP contribution < -0.4 is 5.32 Å². The molecule has 1 fully saturated rings. The summed E-state index contributed by atoms with van der Waals surface area (Å²) < 4.78 is 26.7. The molecule has 3 N–H and O–H groups in total. The number of carboxylic acid groups (broad SMARTS) is 1. The predicted octanol–water partition coefficient (Wildman–Crippen LogP) is 1.06. The van der Waals surface area contributed by atoms with E-state index >= 15 is 0 Å². The van der Waals surface area contributed by atoms with Crippen LogP contribution in [0.5, 0.6) is 0 Å². The lowest BCUT2D eigenvalue weighted by molar-refractivity contribution is -0.127. The van der Waals surface area contributed by atoms with E-state index < -0.39 is 21.5 Å². The number of carbonyl (C=O) groups excluding carboxylic acids is 1. The number of hydrogen-bond donors (Lipinski definition) is 3. The van der Waals surface area contributed by atoms with Crippen LogP contribution >= 0.6 is 0 Å². The van der Waals surface area contributed by atoms with E-state index in [1.807, 2.05) is 13.8 Å². The number of hydrogen-bond acceptors (Lipinski definition) is 5. The molecule has 8 nitrogen and oxygen atoms in total. The highest BCUT2D eigenvalue weighted by Crippen LogP contribution is 2.25. The van der Waals surface area contributed by atoms with E-state index in [-0.39, 0.29) is 42.0 Å². The zero-order chi connectivity index (χ0) is 20.2. The molecule has 1 saturated heterocycles. The molecule has 150 valence electrons. The minimum absolute atomic E-state index is 0.0230. The summed E-state index contributed by atoms with van der Waals surface area (Å²) in [5.74, 6) is -1.52. The highest BCUT2D eigenvalue weighted by molar-refractivity contribution is 7.89. The fourth-order valence-corrected chi connectivity index (χ4v) is 4.52. The van der Waals surface area contributed by atoms with Crippen LogP contribution in [0.25, 0.3) is 0 Å². The number of aliphatic hydroxyl groups is 1. The van der Waals surface area contributed by atoms with E-state index in [1.165, 1.54) is 28.6 Å². The lowest BCUT2D eigenvalue weighted by atomic mass is 9.94. The van der Waals surface area contributed by atoms with Gasteiger partial charge in [-0.25, -0.2) is 13.2 Å². The number of nitrogens with one attached hydrogen (secondary N) is 1. The number of sulfonamides is 1. The Morgan fingerprint density at radius 1 is 1.19 bits per heavy atom. The number of rotatable bonds is 7. The average molecular weight is 398 g/mol. The molecule has 0 saturated carbocycles. The van der Waals surface area contributed by atoms with Gasteiger partial charge >= 0.3 is 5.97 Å². The van der Waals surface area contributed by atoms with E-state index in [0.717, 1.165) is 0 Å². The number of nitrogens with zero attached hydrogens (tertiary/aromatic N) is 1. The molecular weight excluding hydrogens is 372 g/mol. The van der Waals surface area contributed by atoms with Crippen molar-refractivity contribution >= 4 is 21.9 Å². The van der Waals surface area contributed by atoms with Crippen LogP contribution in [0.2, 0.25) is 0 Å². The molecule has 0 aromatic heterocycles. The van der Waals surface area contributed by atoms with Gasteiger partial charge in [-0.1, -0.05) is 0 Å². The third-order valence-corrected chi connectivity index (χ3v) is 6.68. The molecule has 27 heavy (non-hydrogen) atoms. The summed E-state index contributed by atoms with van der Waals surface area (Å²) in [5, 5.41) is 20.9. The molecule has 1 amide bonds. The summed E-state index contributed by atoms with van der Waals surface area (Å²) in [7, 11) is -3.72. The summed E-state index contributed by atoms with van der Waals surface area (Å²) in [5.41, 5.74) is -0.490. The molecule has 1 aromatic carbocycles. The molecule has 0 atom stereocenters. The van der Waals surface area contributed by atoms with Gasteiger partial charge in [0.2, 0.25) is 15.9 Å². The van der Waals surface area contributed by atoms with Crippen LogP contribution in [-0.4, -0.2) is 60.0 Å². The van der Waals surface area contributed by atoms with Crippen LogP contribution in [-0.2, 0) is 14.8 Å². The van der Waals surface area contributed by atoms with E-state index in [9.17, 15) is 18.0 Å². The standard InChI is InChI=1S/C18H26N2O6S/c1-18(2,9-12-21)19-16(22)13-7-10-20(11-8-13)27(25,26)15-5-3-14(4-6-15)17(23)24/h3-6,13,21H,7-12H2,1-2H3,(H,19,22)(H,23,24). The van der Waals surface area contributed by atoms with Crippen molar-refractivity contribution in [2.45, 2.75) is 43.5 Å². The summed E-state index contributed by atoms with van der Waals surface area (Å²) in [6.45, 7) is 4.09. The lowest BCUT2D eigenvalue weighted by Gasteiger charge is -2.33. The van der Waals surface area contributed by atoms with Gasteiger partial charge in [-0.2, -0.15) is 4.31 Å². The van der Waals surface area contributed by atoms with Gasteiger partial charge in [0.25, 0.3) is 0 Å². The molecule has 0 spiro atoms. The fourth-order valence-electron chi connectivity index (χ4n) is 3.05. The molecule has 0 radical (unpaired) electrons. The van der Waals surface area contributed by atoms with Crippen molar-refractivity contribution in [1.82, 2.24) is 9.62 Å². The predicted molar refractivity (Wildman–Crippen MR) is 98.8 cm³/mol. The Morgan fingerprint density at radius 2 is 1.74 bits per heavy atom. The van der Waals surface area contributed by atoms with Gasteiger partial charge in [-0.15, -0.1) is 0 Å². The smallest absolute Gasteiger partial charge is 0.335 e. The molecule has 1 aromatic rings. The summed E-state index contributed by atoms with van der Waals surface area (Å²) >= 11 is 0. The van der Waals surface area contributed by atoms with Gasteiger partial charge in [-0.05, 0) is 57.4 Å². The molecule has 9 heteroatoms. The monoisotopic (exact) mass is 398 g/mol. The first-order valence-electron chi connectivity index (χ1n) is 8.83. The van der Waals surface area contributed by atoms with Gasteiger partial charge in [0.15, 0.2) is 0 Å². The third kappa shape index (κ3) is 5.27. The van der Waals surface area contributed by atoms with Crippen molar-refractivity contribution in [3.05, 3.63) is 29.8 Å². The first-order valence-corrected chi connectivity index (χ1v) is 10.3. The Labute approximate surface area is 159 Å². The fraction of sp³-hybridized carbons (Fsp3) is 0.556. The van der Waals surface area contributed by atoms with E-state index in [0.29, 0.717) is 19.3 Å². The highest BCUT2D eigenvalue weighted by atomic mass is 32.2. The zero-order valence-corrected chi connectivity index (χ0v) is 16.3. The second-order valence-electron chi connectivity index (χ2n) is 7.35. The van der Waals surface area contributed by atoms with Crippen LogP contribution in [0.1, 0.15) is 43.5 Å². The number of aromatic carboxylic acids is 1. The Bertz CT molecular complexity index is 781. The maximum atomic E-state index is 12.7. The first-order chi connectivity index (χ1) is 12.6. The van der Waals surface area contributed by atoms with E-state index in [1.54, 1.807) is 0 Å². The zero-order valence-electron chi connectivity index (χ0n) is 15.5. The first kappa shape index (κ1) is 21.3. The van der Waals surface area contributed by atoms with Gasteiger partial charge in [0.05, 0.1) is 10.5 Å². The Hall–Kier alpha value is -1.97. The topological polar surface area (TPSA) is 124 Å². The Kier molecular flexibility index (Phi) is 6.61. The molecule has 0 unspecified atom stereocenters. The van der Waals surface area contributed by atoms with E-state index in [4.69, 9.17) is 10.2 Å². The van der Waals surface area contributed by atoms with Crippen molar-refractivity contribution in [3.63, 3.8) is 0 Å². The molecule has 1 aliphatic rings. The normalized spacial score (nSPS) is 16.9. The van der Waals surface area contributed by atoms with Crippen LogP contribution in [0, 0.1) is 5.92 Å². The van der Waals surface area contributed by atoms with Gasteiger partial charge in [0.1, 0.15) is 0 Å². The van der Waals surface area contributed by atoms with Crippen molar-refractivity contribution < 1.29 is 28.2 Å².